The lowest BCUT2D eigenvalue weighted by Crippen LogP contribution is -2.01. The average Bonchev–Trinajstić information content (AvgIpc) is 2.31. The van der Waals surface area contributed by atoms with Crippen molar-refractivity contribution in [3.05, 3.63) is 60.4 Å². The molecule has 1 atom stereocenters. The summed E-state index contributed by atoms with van der Waals surface area (Å²) < 4.78 is 0. The van der Waals surface area contributed by atoms with Gasteiger partial charge in [0.1, 0.15) is 0 Å². The molecule has 1 aromatic heterocycles. The van der Waals surface area contributed by atoms with E-state index in [2.05, 4.69) is 54.1 Å². The van der Waals surface area contributed by atoms with Crippen LogP contribution in [-0.4, -0.2) is 11.6 Å². The fourth-order valence-corrected chi connectivity index (χ4v) is 3.05. The van der Waals surface area contributed by atoms with Gasteiger partial charge in [0.15, 0.2) is 0 Å². The Morgan fingerprint density at radius 3 is 2.40 bits per heavy atom. The van der Waals surface area contributed by atoms with Crippen molar-refractivity contribution < 1.29 is 0 Å². The summed E-state index contributed by atoms with van der Waals surface area (Å²) in [6.45, 7) is 2.30. The lowest BCUT2D eigenvalue weighted by Gasteiger charge is -2.11. The van der Waals surface area contributed by atoms with Crippen LogP contribution in [0.4, 0.5) is 0 Å². The Morgan fingerprint density at radius 2 is 1.73 bits per heavy atom. The maximum Gasteiger partial charge on any atom is 0.0449 e. The Hall–Kier alpha value is -1.20. The van der Waals surface area contributed by atoms with Gasteiger partial charge in [-0.2, -0.15) is 0 Å². The zero-order chi connectivity index (χ0) is 10.5. The Labute approximate surface area is 91.9 Å². The van der Waals surface area contributed by atoms with Crippen LogP contribution in [0, 0.1) is 0 Å². The summed E-state index contributed by atoms with van der Waals surface area (Å²) in [5.41, 5.74) is 1.19. The molecule has 0 amide bonds. The van der Waals surface area contributed by atoms with E-state index in [0.29, 0.717) is 0 Å². The summed E-state index contributed by atoms with van der Waals surface area (Å²) in [5.74, 6) is 0. The molecule has 0 fully saturated rings. The van der Waals surface area contributed by atoms with E-state index in [1.54, 1.807) is 0 Å². The van der Waals surface area contributed by atoms with E-state index in [1.165, 1.54) is 11.0 Å². The summed E-state index contributed by atoms with van der Waals surface area (Å²) in [4.78, 5) is 4.36. The minimum atomic E-state index is -0.114. The maximum atomic E-state index is 4.36. The lowest BCUT2D eigenvalue weighted by atomic mass is 10.4. The van der Waals surface area contributed by atoms with Crippen molar-refractivity contribution in [1.29, 1.82) is 0 Å². The first kappa shape index (κ1) is 10.3. The van der Waals surface area contributed by atoms with E-state index in [1.807, 2.05) is 12.3 Å². The molecule has 15 heavy (non-hydrogen) atoms. The first-order valence-electron chi connectivity index (χ1n) is 5.02. The van der Waals surface area contributed by atoms with Gasteiger partial charge < -0.3 is 0 Å². The van der Waals surface area contributed by atoms with Gasteiger partial charge in [-0.3, -0.25) is 4.98 Å². The Kier molecular flexibility index (Phi) is 3.47. The molecule has 0 radical (unpaired) electrons. The molecule has 76 valence electrons. The Balaban J connectivity index is 2.08. The molecular weight excluding hydrogens is 201 g/mol. The zero-order valence-corrected chi connectivity index (χ0v) is 9.69. The van der Waals surface area contributed by atoms with E-state index in [0.717, 1.165) is 6.16 Å². The minimum absolute atomic E-state index is 0.114. The van der Waals surface area contributed by atoms with Crippen LogP contribution in [-0.2, 0) is 6.16 Å². The van der Waals surface area contributed by atoms with Gasteiger partial charge in [-0.1, -0.05) is 44.3 Å². The first-order chi connectivity index (χ1) is 7.36. The molecule has 0 spiro atoms. The maximum absolute atomic E-state index is 4.36. The number of benzene rings is 1. The minimum Gasteiger partial charge on any atom is -0.261 e. The highest BCUT2D eigenvalue weighted by molar-refractivity contribution is 7.64. The van der Waals surface area contributed by atoms with Crippen molar-refractivity contribution in [2.24, 2.45) is 0 Å². The Bertz CT molecular complexity index is 399. The second-order valence-electron chi connectivity index (χ2n) is 3.51. The summed E-state index contributed by atoms with van der Waals surface area (Å²) in [6.07, 6.45) is 2.93. The molecule has 2 rings (SSSR count). The monoisotopic (exact) mass is 215 g/mol. The molecule has 0 aliphatic heterocycles. The van der Waals surface area contributed by atoms with Crippen LogP contribution in [0.15, 0.2) is 54.7 Å². The van der Waals surface area contributed by atoms with E-state index in [4.69, 9.17) is 0 Å². The number of rotatable bonds is 3. The van der Waals surface area contributed by atoms with Gasteiger partial charge in [-0.25, -0.2) is 0 Å². The quantitative estimate of drug-likeness (QED) is 0.717. The molecule has 2 heteroatoms. The molecule has 0 bridgehead atoms. The zero-order valence-electron chi connectivity index (χ0n) is 8.80. The van der Waals surface area contributed by atoms with Gasteiger partial charge in [0, 0.05) is 18.1 Å². The largest absolute Gasteiger partial charge is 0.261 e. The van der Waals surface area contributed by atoms with Crippen molar-refractivity contribution in [3.63, 3.8) is 0 Å². The van der Waals surface area contributed by atoms with Crippen LogP contribution < -0.4 is 5.30 Å². The predicted molar refractivity (Wildman–Crippen MR) is 66.9 cm³/mol. The average molecular weight is 215 g/mol. The molecular formula is C13H14NP. The summed E-state index contributed by atoms with van der Waals surface area (Å²) in [5, 5.41) is 1.44. The van der Waals surface area contributed by atoms with Crippen LogP contribution in [0.25, 0.3) is 0 Å². The lowest BCUT2D eigenvalue weighted by molar-refractivity contribution is 1.17. The van der Waals surface area contributed by atoms with Crippen molar-refractivity contribution in [3.8, 4) is 0 Å². The fraction of sp³-hybridized carbons (Fsp3) is 0.154. The van der Waals surface area contributed by atoms with Gasteiger partial charge in [0.05, 0.1) is 0 Å². The molecule has 2 aromatic rings. The van der Waals surface area contributed by atoms with Gasteiger partial charge in [0.25, 0.3) is 0 Å². The SMILES string of the molecule is CP(Cc1ccccn1)c1ccccc1. The molecule has 1 heterocycles. The van der Waals surface area contributed by atoms with Crippen LogP contribution in [0.1, 0.15) is 5.69 Å². The number of aromatic nitrogens is 1. The number of pyridine rings is 1. The van der Waals surface area contributed by atoms with Crippen molar-refractivity contribution in [2.45, 2.75) is 6.16 Å². The molecule has 0 saturated carbocycles. The number of hydrogen-bond donors (Lipinski definition) is 0. The highest BCUT2D eigenvalue weighted by Gasteiger charge is 2.05. The second-order valence-corrected chi connectivity index (χ2v) is 5.74. The van der Waals surface area contributed by atoms with Crippen LogP contribution in [0.5, 0.6) is 0 Å². The van der Waals surface area contributed by atoms with Gasteiger partial charge in [0.2, 0.25) is 0 Å². The third-order valence-electron chi connectivity index (χ3n) is 2.32. The Morgan fingerprint density at radius 1 is 1.00 bits per heavy atom. The standard InChI is InChI=1S/C13H14NP/c1-15(13-8-3-2-4-9-13)11-12-7-5-6-10-14-12/h2-10H,11H2,1H3. The van der Waals surface area contributed by atoms with Crippen LogP contribution >= 0.6 is 7.92 Å². The fourth-order valence-electron chi connectivity index (χ4n) is 1.51. The van der Waals surface area contributed by atoms with Crippen molar-refractivity contribution >= 4 is 13.2 Å². The third kappa shape index (κ3) is 2.87. The molecule has 1 aromatic carbocycles. The van der Waals surface area contributed by atoms with Crippen LogP contribution in [0.3, 0.4) is 0 Å². The third-order valence-corrected chi connectivity index (χ3v) is 4.30. The highest BCUT2D eigenvalue weighted by Crippen LogP contribution is 2.33. The molecule has 0 aliphatic carbocycles. The summed E-state index contributed by atoms with van der Waals surface area (Å²) in [6, 6.07) is 16.8. The van der Waals surface area contributed by atoms with Gasteiger partial charge in [-0.05, 0) is 24.1 Å². The highest BCUT2D eigenvalue weighted by atomic mass is 31.1. The van der Waals surface area contributed by atoms with Gasteiger partial charge in [-0.15, -0.1) is 0 Å². The van der Waals surface area contributed by atoms with Crippen molar-refractivity contribution in [2.75, 3.05) is 6.66 Å². The summed E-state index contributed by atoms with van der Waals surface area (Å²) in [7, 11) is -0.114. The van der Waals surface area contributed by atoms with Crippen molar-refractivity contribution in [1.82, 2.24) is 4.98 Å². The molecule has 1 unspecified atom stereocenters. The molecule has 1 nitrogen and oxygen atoms in total. The van der Waals surface area contributed by atoms with Crippen LogP contribution in [0.2, 0.25) is 0 Å². The normalized spacial score (nSPS) is 12.3. The van der Waals surface area contributed by atoms with E-state index < -0.39 is 0 Å². The van der Waals surface area contributed by atoms with E-state index in [-0.39, 0.29) is 7.92 Å². The second kappa shape index (κ2) is 5.04. The molecule has 0 N–H and O–H groups in total. The summed E-state index contributed by atoms with van der Waals surface area (Å²) >= 11 is 0. The first-order valence-corrected chi connectivity index (χ1v) is 7.00. The molecule has 0 saturated heterocycles. The smallest absolute Gasteiger partial charge is 0.0449 e. The number of nitrogens with zero attached hydrogens (tertiary/aromatic N) is 1. The topological polar surface area (TPSA) is 12.9 Å². The predicted octanol–water partition coefficient (Wildman–Crippen LogP) is 3.02. The number of hydrogen-bond acceptors (Lipinski definition) is 1. The van der Waals surface area contributed by atoms with E-state index in [9.17, 15) is 0 Å². The van der Waals surface area contributed by atoms with E-state index >= 15 is 0 Å². The molecule has 0 aliphatic rings. The van der Waals surface area contributed by atoms with Gasteiger partial charge >= 0.3 is 0 Å².